The maximum Gasteiger partial charge on any atom is 0.283 e. The third kappa shape index (κ3) is 3.39. The Labute approximate surface area is 127 Å². The molecule has 1 aromatic rings. The monoisotopic (exact) mass is 319 g/mol. The fourth-order valence-corrected chi connectivity index (χ4v) is 2.30. The highest BCUT2D eigenvalue weighted by molar-refractivity contribution is 6.31. The number of amides is 1. The van der Waals surface area contributed by atoms with Gasteiger partial charge < -0.3 is 10.2 Å². The lowest BCUT2D eigenvalue weighted by atomic mass is 10.1. The molecule has 1 aliphatic rings. The van der Waals surface area contributed by atoms with Crippen LogP contribution >= 0.6 is 24.0 Å². The molecule has 1 unspecified atom stereocenters. The van der Waals surface area contributed by atoms with Gasteiger partial charge in [0.2, 0.25) is 0 Å². The van der Waals surface area contributed by atoms with Crippen LogP contribution < -0.4 is 5.32 Å². The van der Waals surface area contributed by atoms with Crippen molar-refractivity contribution in [1.82, 2.24) is 10.2 Å². The average molecular weight is 320 g/mol. The zero-order valence-corrected chi connectivity index (χ0v) is 12.4. The first kappa shape index (κ1) is 16.7. The van der Waals surface area contributed by atoms with Gasteiger partial charge in [0, 0.05) is 36.8 Å². The first-order valence-corrected chi connectivity index (χ1v) is 6.34. The Hall–Kier alpha value is -1.37. The highest BCUT2D eigenvalue weighted by atomic mass is 35.5. The van der Waals surface area contributed by atoms with Crippen LogP contribution in [0.2, 0.25) is 5.02 Å². The number of piperazine rings is 1. The lowest BCUT2D eigenvalue weighted by Gasteiger charge is -2.33. The van der Waals surface area contributed by atoms with Crippen LogP contribution in [0.15, 0.2) is 18.2 Å². The summed E-state index contributed by atoms with van der Waals surface area (Å²) in [5.41, 5.74) is -0.161. The zero-order chi connectivity index (χ0) is 14.0. The summed E-state index contributed by atoms with van der Waals surface area (Å²) in [6.45, 7) is 3.83. The second-order valence-electron chi connectivity index (χ2n) is 4.47. The molecular weight excluding hydrogens is 305 g/mol. The Balaban J connectivity index is 0.00000200. The molecule has 20 heavy (non-hydrogen) atoms. The molecule has 110 valence electrons. The molecule has 0 radical (unpaired) electrons. The molecule has 2 rings (SSSR count). The van der Waals surface area contributed by atoms with Crippen molar-refractivity contribution in [2.75, 3.05) is 19.6 Å². The van der Waals surface area contributed by atoms with Crippen molar-refractivity contribution in [3.63, 3.8) is 0 Å². The van der Waals surface area contributed by atoms with Crippen LogP contribution in [0.1, 0.15) is 17.3 Å². The smallest absolute Gasteiger partial charge is 0.283 e. The summed E-state index contributed by atoms with van der Waals surface area (Å²) < 4.78 is 0. The predicted molar refractivity (Wildman–Crippen MR) is 78.7 cm³/mol. The summed E-state index contributed by atoms with van der Waals surface area (Å²) in [5, 5.41) is 14.4. The highest BCUT2D eigenvalue weighted by Gasteiger charge is 2.29. The van der Waals surface area contributed by atoms with Gasteiger partial charge in [0.05, 0.1) is 4.92 Å². The maximum atomic E-state index is 12.4. The Morgan fingerprint density at radius 1 is 1.55 bits per heavy atom. The molecule has 1 aliphatic heterocycles. The number of benzene rings is 1. The van der Waals surface area contributed by atoms with Gasteiger partial charge in [-0.1, -0.05) is 11.6 Å². The standard InChI is InChI=1S/C12H14ClN3O3.ClH/c1-8-7-14-4-5-15(8)12(17)10-3-2-9(13)6-11(10)16(18)19;/h2-3,6,8,14H,4-5,7H2,1H3;1H. The molecule has 1 atom stereocenters. The third-order valence-corrected chi connectivity index (χ3v) is 3.38. The van der Waals surface area contributed by atoms with Crippen molar-refractivity contribution in [2.45, 2.75) is 13.0 Å². The van der Waals surface area contributed by atoms with Crippen LogP contribution in [0, 0.1) is 10.1 Å². The van der Waals surface area contributed by atoms with Gasteiger partial charge >= 0.3 is 0 Å². The molecule has 1 amide bonds. The van der Waals surface area contributed by atoms with Gasteiger partial charge in [0.15, 0.2) is 0 Å². The van der Waals surface area contributed by atoms with Crippen molar-refractivity contribution in [1.29, 1.82) is 0 Å². The molecule has 1 saturated heterocycles. The van der Waals surface area contributed by atoms with E-state index in [0.717, 1.165) is 0 Å². The lowest BCUT2D eigenvalue weighted by molar-refractivity contribution is -0.385. The molecular formula is C12H15Cl2N3O3. The second-order valence-corrected chi connectivity index (χ2v) is 4.91. The largest absolute Gasteiger partial charge is 0.333 e. The van der Waals surface area contributed by atoms with E-state index in [0.29, 0.717) is 19.6 Å². The van der Waals surface area contributed by atoms with Crippen molar-refractivity contribution in [3.05, 3.63) is 38.9 Å². The molecule has 0 saturated carbocycles. The third-order valence-electron chi connectivity index (χ3n) is 3.15. The van der Waals surface area contributed by atoms with Crippen molar-refractivity contribution in [3.8, 4) is 0 Å². The first-order valence-electron chi connectivity index (χ1n) is 5.96. The number of nitrogens with one attached hydrogen (secondary N) is 1. The fourth-order valence-electron chi connectivity index (χ4n) is 2.13. The van der Waals surface area contributed by atoms with Gasteiger partial charge in [-0.3, -0.25) is 14.9 Å². The normalized spacial score (nSPS) is 18.3. The van der Waals surface area contributed by atoms with Gasteiger partial charge in [0.1, 0.15) is 5.56 Å². The summed E-state index contributed by atoms with van der Waals surface area (Å²) in [7, 11) is 0. The Kier molecular flexibility index (Phi) is 5.74. The Morgan fingerprint density at radius 3 is 2.85 bits per heavy atom. The quantitative estimate of drug-likeness (QED) is 0.669. The van der Waals surface area contributed by atoms with Crippen LogP contribution in [-0.4, -0.2) is 41.4 Å². The second kappa shape index (κ2) is 6.88. The minimum Gasteiger partial charge on any atom is -0.333 e. The molecule has 1 aromatic carbocycles. The van der Waals surface area contributed by atoms with E-state index in [1.165, 1.54) is 18.2 Å². The summed E-state index contributed by atoms with van der Waals surface area (Å²) in [4.78, 5) is 24.5. The molecule has 1 heterocycles. The Morgan fingerprint density at radius 2 is 2.25 bits per heavy atom. The van der Waals surface area contributed by atoms with Gasteiger partial charge in [-0.15, -0.1) is 12.4 Å². The van der Waals surface area contributed by atoms with Gasteiger partial charge in [-0.2, -0.15) is 0 Å². The first-order chi connectivity index (χ1) is 9.00. The highest BCUT2D eigenvalue weighted by Crippen LogP contribution is 2.25. The number of halogens is 2. The number of carbonyl (C=O) groups excluding carboxylic acids is 1. The molecule has 0 spiro atoms. The van der Waals surface area contributed by atoms with E-state index in [1.807, 2.05) is 6.92 Å². The minimum absolute atomic E-state index is 0. The van der Waals surface area contributed by atoms with E-state index < -0.39 is 4.92 Å². The van der Waals surface area contributed by atoms with Crippen LogP contribution in [0.25, 0.3) is 0 Å². The zero-order valence-electron chi connectivity index (χ0n) is 10.8. The number of carbonyl (C=O) groups is 1. The summed E-state index contributed by atoms with van der Waals surface area (Å²) in [6.07, 6.45) is 0. The topological polar surface area (TPSA) is 75.5 Å². The summed E-state index contributed by atoms with van der Waals surface area (Å²) in [5.74, 6) is -0.322. The number of nitro groups is 1. The van der Waals surface area contributed by atoms with E-state index in [1.54, 1.807) is 4.90 Å². The number of nitrogens with zero attached hydrogens (tertiary/aromatic N) is 2. The van der Waals surface area contributed by atoms with Gasteiger partial charge in [-0.25, -0.2) is 0 Å². The minimum atomic E-state index is -0.577. The van der Waals surface area contributed by atoms with Crippen molar-refractivity contribution < 1.29 is 9.72 Å². The van der Waals surface area contributed by atoms with Crippen molar-refractivity contribution >= 4 is 35.6 Å². The van der Waals surface area contributed by atoms with Crippen LogP contribution in [0.3, 0.4) is 0 Å². The molecule has 1 N–H and O–H groups in total. The Bertz CT molecular complexity index is 525. The molecule has 0 aliphatic carbocycles. The number of rotatable bonds is 2. The van der Waals surface area contributed by atoms with Crippen LogP contribution in [-0.2, 0) is 0 Å². The van der Waals surface area contributed by atoms with Crippen molar-refractivity contribution in [2.24, 2.45) is 0 Å². The van der Waals surface area contributed by atoms with Gasteiger partial charge in [0.25, 0.3) is 11.6 Å². The predicted octanol–water partition coefficient (Wildman–Crippen LogP) is 2.10. The molecule has 0 bridgehead atoms. The van der Waals surface area contributed by atoms with Gasteiger partial charge in [-0.05, 0) is 19.1 Å². The summed E-state index contributed by atoms with van der Waals surface area (Å²) in [6, 6.07) is 4.13. The van der Waals surface area contributed by atoms with E-state index in [2.05, 4.69) is 5.32 Å². The van der Waals surface area contributed by atoms with E-state index in [4.69, 9.17) is 11.6 Å². The van der Waals surface area contributed by atoms with Crippen LogP contribution in [0.4, 0.5) is 5.69 Å². The average Bonchev–Trinajstić information content (AvgIpc) is 2.38. The summed E-state index contributed by atoms with van der Waals surface area (Å²) >= 11 is 5.74. The fraction of sp³-hybridized carbons (Fsp3) is 0.417. The van der Waals surface area contributed by atoms with E-state index in [-0.39, 0.29) is 40.6 Å². The lowest BCUT2D eigenvalue weighted by Crippen LogP contribution is -2.52. The number of nitro benzene ring substituents is 1. The maximum absolute atomic E-state index is 12.4. The van der Waals surface area contributed by atoms with Crippen LogP contribution in [0.5, 0.6) is 0 Å². The molecule has 0 aromatic heterocycles. The molecule has 6 nitrogen and oxygen atoms in total. The van der Waals surface area contributed by atoms with E-state index in [9.17, 15) is 14.9 Å². The number of hydrogen-bond donors (Lipinski definition) is 1. The molecule has 8 heteroatoms. The molecule has 1 fully saturated rings. The van der Waals surface area contributed by atoms with E-state index >= 15 is 0 Å². The number of hydrogen-bond acceptors (Lipinski definition) is 4. The SMILES string of the molecule is CC1CNCCN1C(=O)c1ccc(Cl)cc1[N+](=O)[O-].Cl.